The molecule has 0 unspecified atom stereocenters. The molecule has 88 valence electrons. The summed E-state index contributed by atoms with van der Waals surface area (Å²) in [7, 11) is 0. The lowest BCUT2D eigenvalue weighted by molar-refractivity contribution is 0.685. The number of pyridine rings is 1. The first kappa shape index (κ1) is 12.1. The molecule has 2 N–H and O–H groups in total. The quantitative estimate of drug-likeness (QED) is 0.892. The minimum absolute atomic E-state index is 0.0995. The maximum atomic E-state index is 6.11. The predicted molar refractivity (Wildman–Crippen MR) is 72.0 cm³/mol. The average Bonchev–Trinajstić information content (AvgIpc) is 2.40. The Morgan fingerprint density at radius 1 is 1.18 bits per heavy atom. The Bertz CT molecular complexity index is 471. The van der Waals surface area contributed by atoms with Crippen molar-refractivity contribution in [3.8, 4) is 0 Å². The van der Waals surface area contributed by atoms with E-state index in [4.69, 9.17) is 5.73 Å². The van der Waals surface area contributed by atoms with Crippen LogP contribution in [0.5, 0.6) is 0 Å². The molecule has 0 aliphatic carbocycles. The first-order valence-corrected chi connectivity index (χ1v) is 6.56. The molecule has 0 aliphatic heterocycles. The number of benzene rings is 1. The summed E-state index contributed by atoms with van der Waals surface area (Å²) in [5.74, 6) is 0. The Morgan fingerprint density at radius 3 is 2.65 bits per heavy atom. The Balaban J connectivity index is 2.27. The summed E-state index contributed by atoms with van der Waals surface area (Å²) in [5, 5.41) is 1.00. The number of hydrogen-bond donors (Lipinski definition) is 1. The van der Waals surface area contributed by atoms with Crippen LogP contribution in [0.15, 0.2) is 58.6 Å². The molecule has 0 amide bonds. The molecule has 1 aromatic carbocycles. The van der Waals surface area contributed by atoms with Gasteiger partial charge in [-0.15, -0.1) is 0 Å². The van der Waals surface area contributed by atoms with E-state index < -0.39 is 0 Å². The van der Waals surface area contributed by atoms with Gasteiger partial charge in [-0.2, -0.15) is 0 Å². The average molecular weight is 244 g/mol. The van der Waals surface area contributed by atoms with Gasteiger partial charge in [-0.1, -0.05) is 43.0 Å². The molecule has 2 rings (SSSR count). The fourth-order valence-electron chi connectivity index (χ4n) is 1.62. The van der Waals surface area contributed by atoms with Gasteiger partial charge in [-0.25, -0.2) is 4.98 Å². The molecule has 0 saturated carbocycles. The maximum Gasteiger partial charge on any atom is 0.101 e. The SMILES string of the molecule is CC[C@@H](N)c1ccccc1Sc1ccccn1. The normalized spacial score (nSPS) is 12.4. The molecule has 0 spiro atoms. The van der Waals surface area contributed by atoms with Gasteiger partial charge in [0.25, 0.3) is 0 Å². The lowest BCUT2D eigenvalue weighted by Crippen LogP contribution is -2.09. The van der Waals surface area contributed by atoms with Gasteiger partial charge in [-0.3, -0.25) is 0 Å². The van der Waals surface area contributed by atoms with Crippen LogP contribution in [0, 0.1) is 0 Å². The lowest BCUT2D eigenvalue weighted by Gasteiger charge is -2.13. The highest BCUT2D eigenvalue weighted by Crippen LogP contribution is 2.32. The van der Waals surface area contributed by atoms with Gasteiger partial charge >= 0.3 is 0 Å². The van der Waals surface area contributed by atoms with Crippen LogP contribution in [0.25, 0.3) is 0 Å². The van der Waals surface area contributed by atoms with Gasteiger partial charge in [0.2, 0.25) is 0 Å². The molecule has 0 bridgehead atoms. The van der Waals surface area contributed by atoms with Crippen molar-refractivity contribution in [2.45, 2.75) is 29.3 Å². The van der Waals surface area contributed by atoms with Crippen molar-refractivity contribution in [3.05, 3.63) is 54.2 Å². The summed E-state index contributed by atoms with van der Waals surface area (Å²) >= 11 is 1.67. The molecule has 2 aromatic rings. The van der Waals surface area contributed by atoms with Crippen LogP contribution in [-0.2, 0) is 0 Å². The molecule has 0 aliphatic rings. The third-order valence-corrected chi connectivity index (χ3v) is 3.65. The van der Waals surface area contributed by atoms with Crippen LogP contribution in [0.4, 0.5) is 0 Å². The molecular formula is C14H16N2S. The predicted octanol–water partition coefficient (Wildman–Crippen LogP) is 3.64. The maximum absolute atomic E-state index is 6.11. The molecule has 17 heavy (non-hydrogen) atoms. The zero-order valence-electron chi connectivity index (χ0n) is 9.84. The van der Waals surface area contributed by atoms with Crippen LogP contribution in [0.1, 0.15) is 24.9 Å². The van der Waals surface area contributed by atoms with Crippen LogP contribution in [0.2, 0.25) is 0 Å². The van der Waals surface area contributed by atoms with E-state index in [0.29, 0.717) is 0 Å². The summed E-state index contributed by atoms with van der Waals surface area (Å²) in [5.41, 5.74) is 7.31. The molecule has 0 radical (unpaired) electrons. The van der Waals surface area contributed by atoms with E-state index in [2.05, 4.69) is 24.0 Å². The van der Waals surface area contributed by atoms with E-state index in [1.54, 1.807) is 11.8 Å². The number of nitrogens with two attached hydrogens (primary N) is 1. The van der Waals surface area contributed by atoms with E-state index in [1.807, 2.05) is 36.5 Å². The van der Waals surface area contributed by atoms with E-state index in [0.717, 1.165) is 11.4 Å². The van der Waals surface area contributed by atoms with Crippen molar-refractivity contribution >= 4 is 11.8 Å². The summed E-state index contributed by atoms with van der Waals surface area (Å²) in [6, 6.07) is 14.3. The molecule has 0 saturated heterocycles. The molecule has 0 fully saturated rings. The second-order valence-corrected chi connectivity index (χ2v) is 4.88. The fraction of sp³-hybridized carbons (Fsp3) is 0.214. The van der Waals surface area contributed by atoms with Crippen molar-refractivity contribution in [1.29, 1.82) is 0 Å². The zero-order valence-corrected chi connectivity index (χ0v) is 10.7. The highest BCUT2D eigenvalue weighted by atomic mass is 32.2. The van der Waals surface area contributed by atoms with Gasteiger partial charge in [0.05, 0.1) is 0 Å². The third kappa shape index (κ3) is 3.08. The highest BCUT2D eigenvalue weighted by Gasteiger charge is 2.09. The van der Waals surface area contributed by atoms with Crippen molar-refractivity contribution in [2.75, 3.05) is 0 Å². The van der Waals surface area contributed by atoms with Crippen LogP contribution in [0.3, 0.4) is 0 Å². The summed E-state index contributed by atoms with van der Waals surface area (Å²) in [6.07, 6.45) is 2.75. The van der Waals surface area contributed by atoms with Gasteiger partial charge in [0.1, 0.15) is 5.03 Å². The second-order valence-electron chi connectivity index (χ2n) is 3.82. The number of rotatable bonds is 4. The number of hydrogen-bond acceptors (Lipinski definition) is 3. The smallest absolute Gasteiger partial charge is 0.101 e. The molecule has 2 nitrogen and oxygen atoms in total. The van der Waals surface area contributed by atoms with Crippen molar-refractivity contribution in [3.63, 3.8) is 0 Å². The minimum atomic E-state index is 0.0995. The summed E-state index contributed by atoms with van der Waals surface area (Å²) < 4.78 is 0. The molecule has 1 heterocycles. The first-order valence-electron chi connectivity index (χ1n) is 5.74. The van der Waals surface area contributed by atoms with Crippen molar-refractivity contribution in [1.82, 2.24) is 4.98 Å². The Hall–Kier alpha value is -1.32. The second kappa shape index (κ2) is 5.84. The summed E-state index contributed by atoms with van der Waals surface area (Å²) in [4.78, 5) is 5.52. The Labute approximate surface area is 106 Å². The third-order valence-electron chi connectivity index (χ3n) is 2.61. The van der Waals surface area contributed by atoms with Crippen molar-refractivity contribution < 1.29 is 0 Å². The van der Waals surface area contributed by atoms with E-state index >= 15 is 0 Å². The van der Waals surface area contributed by atoms with Gasteiger partial charge in [0.15, 0.2) is 0 Å². The van der Waals surface area contributed by atoms with Crippen LogP contribution >= 0.6 is 11.8 Å². The lowest BCUT2D eigenvalue weighted by atomic mass is 10.1. The fourth-order valence-corrected chi connectivity index (χ4v) is 2.59. The Morgan fingerprint density at radius 2 is 1.94 bits per heavy atom. The first-order chi connectivity index (χ1) is 8.31. The molecular weight excluding hydrogens is 228 g/mol. The Kier molecular flexibility index (Phi) is 4.18. The van der Waals surface area contributed by atoms with E-state index in [1.165, 1.54) is 10.5 Å². The van der Waals surface area contributed by atoms with Crippen LogP contribution < -0.4 is 5.73 Å². The number of aromatic nitrogens is 1. The van der Waals surface area contributed by atoms with Gasteiger partial charge in [-0.05, 0) is 30.2 Å². The summed E-state index contributed by atoms with van der Waals surface area (Å²) in [6.45, 7) is 2.10. The topological polar surface area (TPSA) is 38.9 Å². The van der Waals surface area contributed by atoms with E-state index in [9.17, 15) is 0 Å². The van der Waals surface area contributed by atoms with Gasteiger partial charge in [0, 0.05) is 17.1 Å². The minimum Gasteiger partial charge on any atom is -0.324 e. The molecule has 1 atom stereocenters. The highest BCUT2D eigenvalue weighted by molar-refractivity contribution is 7.99. The molecule has 3 heteroatoms. The van der Waals surface area contributed by atoms with E-state index in [-0.39, 0.29) is 6.04 Å². The number of nitrogens with zero attached hydrogens (tertiary/aromatic N) is 1. The standard InChI is InChI=1S/C14H16N2S/c1-2-12(15)11-7-3-4-8-13(11)17-14-9-5-6-10-16-14/h3-10,12H,2,15H2,1H3/t12-/m1/s1. The largest absolute Gasteiger partial charge is 0.324 e. The zero-order chi connectivity index (χ0) is 12.1. The van der Waals surface area contributed by atoms with Crippen molar-refractivity contribution in [2.24, 2.45) is 5.73 Å². The van der Waals surface area contributed by atoms with Gasteiger partial charge < -0.3 is 5.73 Å². The monoisotopic (exact) mass is 244 g/mol. The van der Waals surface area contributed by atoms with Crippen LogP contribution in [-0.4, -0.2) is 4.98 Å². The molecule has 1 aromatic heterocycles.